The van der Waals surface area contributed by atoms with Crippen molar-refractivity contribution in [2.24, 2.45) is 0 Å². The molecule has 1 fully saturated rings. The van der Waals surface area contributed by atoms with Crippen LogP contribution in [0.25, 0.3) is 0 Å². The first kappa shape index (κ1) is 13.0. The summed E-state index contributed by atoms with van der Waals surface area (Å²) in [7, 11) is 0. The molecule has 0 radical (unpaired) electrons. The quantitative estimate of drug-likeness (QED) is 0.841. The van der Waals surface area contributed by atoms with Crippen molar-refractivity contribution in [2.75, 3.05) is 6.54 Å². The summed E-state index contributed by atoms with van der Waals surface area (Å²) in [4.78, 5) is 19.7. The smallest absolute Gasteiger partial charge is 0.254 e. The maximum atomic E-state index is 11.9. The molecule has 1 amide bonds. The zero-order valence-electron chi connectivity index (χ0n) is 10.6. The van der Waals surface area contributed by atoms with Crippen LogP contribution in [0.2, 0.25) is 0 Å². The number of carbonyl (C=O) groups excluding carboxylic acids is 1. The van der Waals surface area contributed by atoms with E-state index in [1.165, 1.54) is 12.5 Å². The van der Waals surface area contributed by atoms with Crippen LogP contribution in [0.5, 0.6) is 0 Å². The molecule has 0 saturated heterocycles. The predicted molar refractivity (Wildman–Crippen MR) is 67.1 cm³/mol. The number of nitrogens with one attached hydrogen (secondary N) is 1. The minimum Gasteiger partial charge on any atom is -0.390 e. The minimum absolute atomic E-state index is 0.172. The van der Waals surface area contributed by atoms with Crippen molar-refractivity contribution in [1.82, 2.24) is 15.3 Å². The highest BCUT2D eigenvalue weighted by Crippen LogP contribution is 2.31. The second-order valence-corrected chi connectivity index (χ2v) is 4.96. The van der Waals surface area contributed by atoms with Crippen LogP contribution in [0.15, 0.2) is 12.5 Å². The fourth-order valence-corrected chi connectivity index (χ4v) is 2.40. The predicted octanol–water partition coefficient (Wildman–Crippen LogP) is 1.21. The van der Waals surface area contributed by atoms with Gasteiger partial charge in [0.05, 0.1) is 16.9 Å². The van der Waals surface area contributed by atoms with Crippen LogP contribution < -0.4 is 5.32 Å². The van der Waals surface area contributed by atoms with E-state index in [2.05, 4.69) is 15.3 Å². The molecule has 0 aromatic carbocycles. The molecule has 1 aliphatic carbocycles. The molecule has 0 spiro atoms. The lowest BCUT2D eigenvalue weighted by molar-refractivity contribution is 0.0389. The maximum Gasteiger partial charge on any atom is 0.254 e. The molecule has 2 rings (SSSR count). The number of aliphatic hydroxyl groups is 1. The molecule has 1 saturated carbocycles. The Kier molecular flexibility index (Phi) is 3.91. The van der Waals surface area contributed by atoms with Crippen molar-refractivity contribution in [2.45, 2.75) is 44.6 Å². The van der Waals surface area contributed by atoms with Crippen molar-refractivity contribution in [3.8, 4) is 0 Å². The molecule has 0 bridgehead atoms. The highest BCUT2D eigenvalue weighted by molar-refractivity contribution is 5.94. The van der Waals surface area contributed by atoms with Crippen LogP contribution in [0, 0.1) is 6.92 Å². The van der Waals surface area contributed by atoms with Crippen LogP contribution in [0.1, 0.15) is 48.2 Å². The average molecular weight is 249 g/mol. The molecular formula is C13H19N3O2. The Labute approximate surface area is 107 Å². The van der Waals surface area contributed by atoms with E-state index in [1.54, 1.807) is 6.92 Å². The summed E-state index contributed by atoms with van der Waals surface area (Å²) in [5.41, 5.74) is 0.591. The van der Waals surface area contributed by atoms with Gasteiger partial charge in [0.15, 0.2) is 0 Å². The van der Waals surface area contributed by atoms with Gasteiger partial charge in [0.25, 0.3) is 5.91 Å². The van der Waals surface area contributed by atoms with E-state index >= 15 is 0 Å². The number of hydrogen-bond donors (Lipinski definition) is 2. The lowest BCUT2D eigenvalue weighted by Crippen LogP contribution is -2.33. The normalized spacial score (nSPS) is 17.7. The Hall–Kier alpha value is -1.49. The minimum atomic E-state index is -0.574. The summed E-state index contributed by atoms with van der Waals surface area (Å²) in [5.74, 6) is -0.172. The molecule has 1 aromatic heterocycles. The average Bonchev–Trinajstić information content (AvgIpc) is 2.77. The maximum absolute atomic E-state index is 11.9. The highest BCUT2D eigenvalue weighted by Gasteiger charge is 2.30. The van der Waals surface area contributed by atoms with Gasteiger partial charge in [-0.1, -0.05) is 12.8 Å². The van der Waals surface area contributed by atoms with Gasteiger partial charge in [-0.25, -0.2) is 9.97 Å². The number of aryl methyl sites for hydroxylation is 1. The van der Waals surface area contributed by atoms with E-state index in [1.807, 2.05) is 0 Å². The molecule has 1 heterocycles. The van der Waals surface area contributed by atoms with E-state index in [0.29, 0.717) is 24.2 Å². The molecule has 0 unspecified atom stereocenters. The monoisotopic (exact) mass is 249 g/mol. The first-order chi connectivity index (χ1) is 8.61. The third kappa shape index (κ3) is 3.04. The van der Waals surface area contributed by atoms with Gasteiger partial charge >= 0.3 is 0 Å². The van der Waals surface area contributed by atoms with E-state index in [0.717, 1.165) is 25.7 Å². The summed E-state index contributed by atoms with van der Waals surface area (Å²) < 4.78 is 0. The molecule has 2 N–H and O–H groups in total. The van der Waals surface area contributed by atoms with Crippen molar-refractivity contribution in [3.05, 3.63) is 23.8 Å². The van der Waals surface area contributed by atoms with Crippen LogP contribution >= 0.6 is 0 Å². The van der Waals surface area contributed by atoms with Crippen molar-refractivity contribution in [3.63, 3.8) is 0 Å². The zero-order valence-corrected chi connectivity index (χ0v) is 10.6. The van der Waals surface area contributed by atoms with Crippen molar-refractivity contribution >= 4 is 5.91 Å². The van der Waals surface area contributed by atoms with Gasteiger partial charge in [-0.3, -0.25) is 4.79 Å². The van der Waals surface area contributed by atoms with Crippen molar-refractivity contribution in [1.29, 1.82) is 0 Å². The standard InChI is InChI=1S/C13H19N3O2/c1-10-11(8-14-9-16-10)12(17)15-7-6-13(18)4-2-3-5-13/h8-9,18H,2-7H2,1H3,(H,15,17). The molecule has 5 nitrogen and oxygen atoms in total. The topological polar surface area (TPSA) is 75.1 Å². The number of aromatic nitrogens is 2. The SMILES string of the molecule is Cc1ncncc1C(=O)NCCC1(O)CCCC1. The van der Waals surface area contributed by atoms with Gasteiger partial charge in [-0.15, -0.1) is 0 Å². The fourth-order valence-electron chi connectivity index (χ4n) is 2.40. The van der Waals surface area contributed by atoms with E-state index < -0.39 is 5.60 Å². The third-order valence-electron chi connectivity index (χ3n) is 3.57. The summed E-state index contributed by atoms with van der Waals surface area (Å²) in [5, 5.41) is 13.0. The number of hydrogen-bond acceptors (Lipinski definition) is 4. The van der Waals surface area contributed by atoms with Gasteiger partial charge in [0.2, 0.25) is 0 Å². The van der Waals surface area contributed by atoms with E-state index in [4.69, 9.17) is 0 Å². The Morgan fingerprint density at radius 3 is 2.89 bits per heavy atom. The summed E-state index contributed by atoms with van der Waals surface area (Å²) in [6, 6.07) is 0. The second kappa shape index (κ2) is 5.44. The summed E-state index contributed by atoms with van der Waals surface area (Å²) >= 11 is 0. The molecule has 1 aliphatic rings. The largest absolute Gasteiger partial charge is 0.390 e. The van der Waals surface area contributed by atoms with Gasteiger partial charge in [0.1, 0.15) is 6.33 Å². The second-order valence-electron chi connectivity index (χ2n) is 4.96. The van der Waals surface area contributed by atoms with E-state index in [-0.39, 0.29) is 5.91 Å². The lowest BCUT2D eigenvalue weighted by atomic mass is 9.98. The highest BCUT2D eigenvalue weighted by atomic mass is 16.3. The Bertz CT molecular complexity index is 428. The third-order valence-corrected chi connectivity index (χ3v) is 3.57. The lowest BCUT2D eigenvalue weighted by Gasteiger charge is -2.21. The van der Waals surface area contributed by atoms with Gasteiger partial charge < -0.3 is 10.4 Å². The first-order valence-corrected chi connectivity index (χ1v) is 6.38. The molecule has 98 valence electrons. The summed E-state index contributed by atoms with van der Waals surface area (Å²) in [6.45, 7) is 2.27. The van der Waals surface area contributed by atoms with Crippen LogP contribution in [0.4, 0.5) is 0 Å². The van der Waals surface area contributed by atoms with Crippen LogP contribution in [-0.4, -0.2) is 33.1 Å². The molecule has 0 aliphatic heterocycles. The molecule has 0 atom stereocenters. The number of amides is 1. The number of carbonyl (C=O) groups is 1. The molecule has 18 heavy (non-hydrogen) atoms. The van der Waals surface area contributed by atoms with E-state index in [9.17, 15) is 9.90 Å². The van der Waals surface area contributed by atoms with Crippen LogP contribution in [0.3, 0.4) is 0 Å². The van der Waals surface area contributed by atoms with Crippen molar-refractivity contribution < 1.29 is 9.90 Å². The Morgan fingerprint density at radius 2 is 2.22 bits per heavy atom. The molecule has 5 heteroatoms. The number of rotatable bonds is 4. The zero-order chi connectivity index (χ0) is 13.0. The Morgan fingerprint density at radius 1 is 1.50 bits per heavy atom. The first-order valence-electron chi connectivity index (χ1n) is 6.38. The fraction of sp³-hybridized carbons (Fsp3) is 0.615. The Balaban J connectivity index is 1.84. The molecule has 1 aromatic rings. The summed E-state index contributed by atoms with van der Waals surface area (Å²) in [6.07, 6.45) is 7.40. The van der Waals surface area contributed by atoms with Gasteiger partial charge in [-0.2, -0.15) is 0 Å². The molecular weight excluding hydrogens is 230 g/mol. The van der Waals surface area contributed by atoms with Gasteiger partial charge in [0, 0.05) is 12.7 Å². The van der Waals surface area contributed by atoms with Gasteiger partial charge in [-0.05, 0) is 26.2 Å². The number of nitrogens with zero attached hydrogens (tertiary/aromatic N) is 2. The van der Waals surface area contributed by atoms with Crippen LogP contribution in [-0.2, 0) is 0 Å².